The number of benzene rings is 1. The predicted octanol–water partition coefficient (Wildman–Crippen LogP) is 2.85. The second-order valence-corrected chi connectivity index (χ2v) is 6.93. The van der Waals surface area contributed by atoms with E-state index < -0.39 is 35.2 Å². The number of anilines is 1. The Morgan fingerprint density at radius 3 is 2.45 bits per heavy atom. The smallest absolute Gasteiger partial charge is 0.355 e. The molecular formula is C20H19F5N4O2. The molecule has 2 amide bonds. The molecule has 0 atom stereocenters. The molecular weight excluding hydrogens is 423 g/mol. The van der Waals surface area contributed by atoms with Crippen molar-refractivity contribution in [3.63, 3.8) is 0 Å². The fourth-order valence-corrected chi connectivity index (χ4v) is 3.17. The SMILES string of the molecule is O=C(NCC(=O)N1CCCN(c2ccc(C(F)(F)F)cn2)CC1)c1ccc(F)cc1F. The van der Waals surface area contributed by atoms with Crippen molar-refractivity contribution >= 4 is 17.6 Å². The topological polar surface area (TPSA) is 65.5 Å². The normalized spacial score (nSPS) is 14.9. The van der Waals surface area contributed by atoms with Crippen LogP contribution in [-0.4, -0.2) is 54.4 Å². The van der Waals surface area contributed by atoms with E-state index in [0.29, 0.717) is 37.9 Å². The molecule has 0 bridgehead atoms. The summed E-state index contributed by atoms with van der Waals surface area (Å²) >= 11 is 0. The van der Waals surface area contributed by atoms with E-state index >= 15 is 0 Å². The second-order valence-electron chi connectivity index (χ2n) is 6.93. The number of alkyl halides is 3. The standard InChI is InChI=1S/C20H19F5N4O2/c21-14-3-4-15(16(22)10-14)19(31)27-12-18(30)29-7-1-6-28(8-9-29)17-5-2-13(11-26-17)20(23,24)25/h2-5,10-11H,1,6-9,12H2,(H,27,31). The van der Waals surface area contributed by atoms with Crippen LogP contribution in [0.2, 0.25) is 0 Å². The van der Waals surface area contributed by atoms with Crippen molar-refractivity contribution in [2.75, 3.05) is 37.6 Å². The Morgan fingerprint density at radius 2 is 1.81 bits per heavy atom. The van der Waals surface area contributed by atoms with Gasteiger partial charge in [-0.25, -0.2) is 13.8 Å². The van der Waals surface area contributed by atoms with Crippen molar-refractivity contribution in [1.82, 2.24) is 15.2 Å². The number of pyridine rings is 1. The van der Waals surface area contributed by atoms with E-state index in [1.54, 1.807) is 4.90 Å². The maximum atomic E-state index is 13.7. The Kier molecular flexibility index (Phi) is 6.71. The molecule has 1 aromatic heterocycles. The van der Waals surface area contributed by atoms with Crippen LogP contribution in [0.1, 0.15) is 22.3 Å². The molecule has 1 aliphatic rings. The summed E-state index contributed by atoms with van der Waals surface area (Å²) < 4.78 is 64.6. The van der Waals surface area contributed by atoms with E-state index in [2.05, 4.69) is 10.3 Å². The van der Waals surface area contributed by atoms with Crippen molar-refractivity contribution in [3.05, 3.63) is 59.3 Å². The third kappa shape index (κ3) is 5.68. The van der Waals surface area contributed by atoms with Gasteiger partial charge in [0, 0.05) is 38.4 Å². The van der Waals surface area contributed by atoms with Gasteiger partial charge >= 0.3 is 6.18 Å². The Balaban J connectivity index is 1.54. The average Bonchev–Trinajstić information content (AvgIpc) is 2.97. The lowest BCUT2D eigenvalue weighted by molar-refractivity contribution is -0.137. The predicted molar refractivity (Wildman–Crippen MR) is 101 cm³/mol. The summed E-state index contributed by atoms with van der Waals surface area (Å²) in [4.78, 5) is 31.6. The maximum absolute atomic E-state index is 13.7. The van der Waals surface area contributed by atoms with Crippen LogP contribution >= 0.6 is 0 Å². The first-order chi connectivity index (χ1) is 14.6. The lowest BCUT2D eigenvalue weighted by atomic mass is 10.2. The molecule has 1 saturated heterocycles. The van der Waals surface area contributed by atoms with Gasteiger partial charge in [-0.15, -0.1) is 0 Å². The van der Waals surface area contributed by atoms with Crippen molar-refractivity contribution in [1.29, 1.82) is 0 Å². The second kappa shape index (κ2) is 9.27. The zero-order valence-electron chi connectivity index (χ0n) is 16.3. The molecule has 1 fully saturated rings. The first-order valence-electron chi connectivity index (χ1n) is 9.44. The van der Waals surface area contributed by atoms with E-state index in [4.69, 9.17) is 0 Å². The molecule has 166 valence electrons. The molecule has 3 rings (SSSR count). The fraction of sp³-hybridized carbons (Fsp3) is 0.350. The van der Waals surface area contributed by atoms with Gasteiger partial charge in [-0.05, 0) is 30.7 Å². The van der Waals surface area contributed by atoms with E-state index in [0.717, 1.165) is 24.4 Å². The van der Waals surface area contributed by atoms with E-state index in [1.807, 2.05) is 0 Å². The summed E-state index contributed by atoms with van der Waals surface area (Å²) in [7, 11) is 0. The molecule has 2 aromatic rings. The van der Waals surface area contributed by atoms with Crippen molar-refractivity contribution in [2.45, 2.75) is 12.6 Å². The van der Waals surface area contributed by atoms with Gasteiger partial charge in [0.1, 0.15) is 17.5 Å². The molecule has 0 unspecified atom stereocenters. The highest BCUT2D eigenvalue weighted by Crippen LogP contribution is 2.29. The molecule has 1 N–H and O–H groups in total. The molecule has 2 heterocycles. The van der Waals surface area contributed by atoms with Gasteiger partial charge in [0.05, 0.1) is 17.7 Å². The first-order valence-corrected chi connectivity index (χ1v) is 9.44. The van der Waals surface area contributed by atoms with E-state index in [9.17, 15) is 31.5 Å². The largest absolute Gasteiger partial charge is 0.417 e. The third-order valence-electron chi connectivity index (χ3n) is 4.82. The number of halogens is 5. The molecule has 0 spiro atoms. The molecule has 1 aliphatic heterocycles. The van der Waals surface area contributed by atoms with Crippen LogP contribution in [0.25, 0.3) is 0 Å². The highest BCUT2D eigenvalue weighted by Gasteiger charge is 2.31. The molecule has 1 aromatic carbocycles. The Labute approximate surface area is 174 Å². The summed E-state index contributed by atoms with van der Waals surface area (Å²) in [6.45, 7) is 1.15. The average molecular weight is 442 g/mol. The number of carbonyl (C=O) groups excluding carboxylic acids is 2. The number of hydrogen-bond acceptors (Lipinski definition) is 4. The third-order valence-corrected chi connectivity index (χ3v) is 4.82. The summed E-state index contributed by atoms with van der Waals surface area (Å²) in [5.41, 5.74) is -1.21. The molecule has 11 heteroatoms. The minimum Gasteiger partial charge on any atom is -0.355 e. The van der Waals surface area contributed by atoms with Gasteiger partial charge in [-0.2, -0.15) is 13.2 Å². The summed E-state index contributed by atoms with van der Waals surface area (Å²) in [6.07, 6.45) is -3.14. The minimum atomic E-state index is -4.46. The number of aromatic nitrogens is 1. The van der Waals surface area contributed by atoms with Crippen LogP contribution in [0.4, 0.5) is 27.8 Å². The molecule has 31 heavy (non-hydrogen) atoms. The summed E-state index contributed by atoms with van der Waals surface area (Å²) in [5, 5.41) is 2.31. The van der Waals surface area contributed by atoms with Gasteiger partial charge < -0.3 is 15.1 Å². The minimum absolute atomic E-state index is 0.280. The fourth-order valence-electron chi connectivity index (χ4n) is 3.17. The first kappa shape index (κ1) is 22.4. The van der Waals surface area contributed by atoms with Crippen LogP contribution in [0.15, 0.2) is 36.5 Å². The van der Waals surface area contributed by atoms with Crippen molar-refractivity contribution in [2.24, 2.45) is 0 Å². The summed E-state index contributed by atoms with van der Waals surface area (Å²) in [6, 6.07) is 4.76. The Morgan fingerprint density at radius 1 is 1.03 bits per heavy atom. The number of nitrogens with one attached hydrogen (secondary N) is 1. The Bertz CT molecular complexity index is 950. The number of carbonyl (C=O) groups is 2. The zero-order chi connectivity index (χ0) is 22.6. The van der Waals surface area contributed by atoms with Crippen LogP contribution < -0.4 is 10.2 Å². The lowest BCUT2D eigenvalue weighted by Crippen LogP contribution is -2.42. The van der Waals surface area contributed by atoms with Crippen LogP contribution in [0.3, 0.4) is 0 Å². The van der Waals surface area contributed by atoms with Gasteiger partial charge in [-0.3, -0.25) is 9.59 Å². The van der Waals surface area contributed by atoms with Crippen LogP contribution in [-0.2, 0) is 11.0 Å². The van der Waals surface area contributed by atoms with Crippen molar-refractivity contribution in [3.8, 4) is 0 Å². The highest BCUT2D eigenvalue weighted by atomic mass is 19.4. The van der Waals surface area contributed by atoms with E-state index in [-0.39, 0.29) is 18.7 Å². The van der Waals surface area contributed by atoms with Crippen molar-refractivity contribution < 1.29 is 31.5 Å². The number of nitrogens with zero attached hydrogens (tertiary/aromatic N) is 3. The highest BCUT2D eigenvalue weighted by molar-refractivity contribution is 5.96. The Hall–Kier alpha value is -3.24. The number of hydrogen-bond donors (Lipinski definition) is 1. The monoisotopic (exact) mass is 442 g/mol. The van der Waals surface area contributed by atoms with Crippen LogP contribution in [0, 0.1) is 11.6 Å². The molecule has 6 nitrogen and oxygen atoms in total. The lowest BCUT2D eigenvalue weighted by Gasteiger charge is -2.23. The maximum Gasteiger partial charge on any atom is 0.417 e. The molecule has 0 saturated carbocycles. The zero-order valence-corrected chi connectivity index (χ0v) is 16.3. The number of amides is 2. The quantitative estimate of drug-likeness (QED) is 0.740. The summed E-state index contributed by atoms with van der Waals surface area (Å²) in [5.74, 6) is -2.70. The van der Waals surface area contributed by atoms with Gasteiger partial charge in [0.15, 0.2) is 0 Å². The van der Waals surface area contributed by atoms with Gasteiger partial charge in [-0.1, -0.05) is 0 Å². The van der Waals surface area contributed by atoms with Gasteiger partial charge in [0.2, 0.25) is 5.91 Å². The van der Waals surface area contributed by atoms with Crippen LogP contribution in [0.5, 0.6) is 0 Å². The molecule has 0 radical (unpaired) electrons. The van der Waals surface area contributed by atoms with Gasteiger partial charge in [0.25, 0.3) is 5.91 Å². The molecule has 0 aliphatic carbocycles. The van der Waals surface area contributed by atoms with E-state index in [1.165, 1.54) is 11.0 Å². The number of rotatable bonds is 4.